The van der Waals surface area contributed by atoms with Crippen LogP contribution in [0.15, 0.2) is 48.5 Å². The minimum atomic E-state index is -4.81. The summed E-state index contributed by atoms with van der Waals surface area (Å²) < 4.78 is 46.4. The van der Waals surface area contributed by atoms with Gasteiger partial charge in [-0.2, -0.15) is 18.1 Å². The lowest BCUT2D eigenvalue weighted by atomic mass is 10.0. The number of anilines is 1. The van der Waals surface area contributed by atoms with E-state index < -0.39 is 40.8 Å². The van der Waals surface area contributed by atoms with E-state index in [1.165, 1.54) is 6.07 Å². The smallest absolute Gasteiger partial charge is 0.418 e. The molecule has 1 heterocycles. The molecular weight excluding hydrogens is 417 g/mol. The molecule has 10 heteroatoms. The van der Waals surface area contributed by atoms with Crippen molar-refractivity contribution < 1.29 is 37.6 Å². The van der Waals surface area contributed by atoms with Crippen molar-refractivity contribution in [3.63, 3.8) is 0 Å². The molecule has 31 heavy (non-hydrogen) atoms. The van der Waals surface area contributed by atoms with Gasteiger partial charge in [0.05, 0.1) is 17.8 Å². The summed E-state index contributed by atoms with van der Waals surface area (Å²) in [5.74, 6) is -1.10. The Bertz CT molecular complexity index is 989. The third kappa shape index (κ3) is 4.35. The molecule has 2 aromatic carbocycles. The predicted octanol–water partition coefficient (Wildman–Crippen LogP) is 4.42. The summed E-state index contributed by atoms with van der Waals surface area (Å²) in [5.41, 5.74) is -5.04. The van der Waals surface area contributed by atoms with Gasteiger partial charge in [0.2, 0.25) is 0 Å². The third-order valence-corrected chi connectivity index (χ3v) is 4.53. The normalized spacial score (nSPS) is 18.7. The minimum Gasteiger partial charge on any atom is -0.444 e. The lowest BCUT2D eigenvalue weighted by molar-refractivity contribution is -0.321. The SMILES string of the molecule is CC(C)(C)OC(=O)N[C@@]1(OO)C(=O)N(Cc2ccccc2)c2c(C(F)(F)F)cccc21. The highest BCUT2D eigenvalue weighted by Gasteiger charge is 2.57. The van der Waals surface area contributed by atoms with Crippen molar-refractivity contribution in [2.75, 3.05) is 4.90 Å². The summed E-state index contributed by atoms with van der Waals surface area (Å²) in [4.78, 5) is 30.9. The highest BCUT2D eigenvalue weighted by atomic mass is 19.4. The van der Waals surface area contributed by atoms with Crippen molar-refractivity contribution in [3.8, 4) is 0 Å². The Labute approximate surface area is 176 Å². The number of halogens is 3. The molecule has 0 aliphatic carbocycles. The van der Waals surface area contributed by atoms with Gasteiger partial charge in [-0.25, -0.2) is 10.1 Å². The molecule has 2 aromatic rings. The van der Waals surface area contributed by atoms with Crippen LogP contribution >= 0.6 is 0 Å². The van der Waals surface area contributed by atoms with Crippen LogP contribution in [0.4, 0.5) is 23.7 Å². The van der Waals surface area contributed by atoms with Gasteiger partial charge in [0.1, 0.15) is 5.60 Å². The zero-order valence-electron chi connectivity index (χ0n) is 17.0. The molecule has 0 bridgehead atoms. The Hall–Kier alpha value is -3.11. The van der Waals surface area contributed by atoms with Crippen LogP contribution in [0.3, 0.4) is 0 Å². The van der Waals surface area contributed by atoms with Crippen LogP contribution in [0.25, 0.3) is 0 Å². The number of rotatable bonds is 4. The maximum atomic E-state index is 13.8. The molecular formula is C21H21F3N2O5. The zero-order chi connectivity index (χ0) is 23.0. The van der Waals surface area contributed by atoms with Crippen molar-refractivity contribution in [2.24, 2.45) is 0 Å². The quantitative estimate of drug-likeness (QED) is 0.419. The van der Waals surface area contributed by atoms with Gasteiger partial charge in [0, 0.05) is 5.56 Å². The monoisotopic (exact) mass is 438 g/mol. The average Bonchev–Trinajstić information content (AvgIpc) is 2.89. The average molecular weight is 438 g/mol. The summed E-state index contributed by atoms with van der Waals surface area (Å²) in [6.07, 6.45) is -5.96. The van der Waals surface area contributed by atoms with Gasteiger partial charge in [0.25, 0.3) is 11.6 Å². The molecule has 2 amide bonds. The van der Waals surface area contributed by atoms with E-state index in [4.69, 9.17) is 4.74 Å². The Morgan fingerprint density at radius 1 is 1.10 bits per heavy atom. The maximum Gasteiger partial charge on any atom is 0.418 e. The molecule has 0 spiro atoms. The fraction of sp³-hybridized carbons (Fsp3) is 0.333. The maximum absolute atomic E-state index is 13.8. The van der Waals surface area contributed by atoms with Crippen molar-refractivity contribution in [1.29, 1.82) is 0 Å². The number of amides is 2. The van der Waals surface area contributed by atoms with E-state index >= 15 is 0 Å². The van der Waals surface area contributed by atoms with E-state index in [1.807, 2.05) is 0 Å². The van der Waals surface area contributed by atoms with E-state index in [2.05, 4.69) is 10.2 Å². The molecule has 0 aromatic heterocycles. The summed E-state index contributed by atoms with van der Waals surface area (Å²) in [5, 5.41) is 11.8. The Morgan fingerprint density at radius 2 is 1.74 bits per heavy atom. The lowest BCUT2D eigenvalue weighted by Crippen LogP contribution is -2.55. The van der Waals surface area contributed by atoms with Crippen LogP contribution < -0.4 is 10.2 Å². The molecule has 7 nitrogen and oxygen atoms in total. The molecule has 2 N–H and O–H groups in total. The second-order valence-electron chi connectivity index (χ2n) is 7.98. The van der Waals surface area contributed by atoms with Crippen LogP contribution in [-0.2, 0) is 32.9 Å². The summed E-state index contributed by atoms with van der Waals surface area (Å²) >= 11 is 0. The number of ether oxygens (including phenoxy) is 1. The predicted molar refractivity (Wildman–Crippen MR) is 104 cm³/mol. The first-order valence-corrected chi connectivity index (χ1v) is 9.29. The number of benzene rings is 2. The first-order chi connectivity index (χ1) is 14.4. The van der Waals surface area contributed by atoms with Crippen LogP contribution in [0.1, 0.15) is 37.5 Å². The number of alkyl carbamates (subject to hydrolysis) is 1. The summed E-state index contributed by atoms with van der Waals surface area (Å²) in [6.45, 7) is 4.44. The topological polar surface area (TPSA) is 88.1 Å². The van der Waals surface area contributed by atoms with Gasteiger partial charge in [-0.3, -0.25) is 10.1 Å². The van der Waals surface area contributed by atoms with Crippen LogP contribution in [-0.4, -0.2) is 22.9 Å². The van der Waals surface area contributed by atoms with Crippen molar-refractivity contribution in [3.05, 3.63) is 65.2 Å². The Balaban J connectivity index is 2.15. The second kappa shape index (κ2) is 7.86. The van der Waals surface area contributed by atoms with Crippen LogP contribution in [0, 0.1) is 0 Å². The van der Waals surface area contributed by atoms with E-state index in [0.717, 1.165) is 17.0 Å². The molecule has 0 unspecified atom stereocenters. The minimum absolute atomic E-state index is 0.249. The first-order valence-electron chi connectivity index (χ1n) is 9.29. The molecule has 0 radical (unpaired) electrons. The highest BCUT2D eigenvalue weighted by molar-refractivity contribution is 6.08. The zero-order valence-corrected chi connectivity index (χ0v) is 17.0. The molecule has 166 valence electrons. The van der Waals surface area contributed by atoms with E-state index in [1.54, 1.807) is 51.1 Å². The Morgan fingerprint density at radius 3 is 2.29 bits per heavy atom. The number of alkyl halides is 3. The van der Waals surface area contributed by atoms with Crippen molar-refractivity contribution >= 4 is 17.7 Å². The largest absolute Gasteiger partial charge is 0.444 e. The summed E-state index contributed by atoms with van der Waals surface area (Å²) in [7, 11) is 0. The second-order valence-corrected chi connectivity index (χ2v) is 7.98. The first kappa shape index (κ1) is 22.6. The van der Waals surface area contributed by atoms with E-state index in [9.17, 15) is 28.0 Å². The number of nitrogens with one attached hydrogen (secondary N) is 1. The van der Waals surface area contributed by atoms with Crippen LogP contribution in [0.2, 0.25) is 0 Å². The number of fused-ring (bicyclic) bond motifs is 1. The number of nitrogens with zero attached hydrogens (tertiary/aromatic N) is 1. The van der Waals surface area contributed by atoms with Gasteiger partial charge < -0.3 is 9.64 Å². The van der Waals surface area contributed by atoms with Crippen molar-refractivity contribution in [2.45, 2.75) is 44.8 Å². The molecule has 3 rings (SSSR count). The number of carbonyl (C=O) groups is 2. The lowest BCUT2D eigenvalue weighted by Gasteiger charge is -2.28. The Kier molecular flexibility index (Phi) is 5.72. The molecule has 0 saturated carbocycles. The third-order valence-electron chi connectivity index (χ3n) is 4.53. The van der Waals surface area contributed by atoms with E-state index in [0.29, 0.717) is 5.56 Å². The van der Waals surface area contributed by atoms with Crippen LogP contribution in [0.5, 0.6) is 0 Å². The van der Waals surface area contributed by atoms with Gasteiger partial charge in [-0.1, -0.05) is 42.5 Å². The molecule has 1 aliphatic heterocycles. The molecule has 1 aliphatic rings. The molecule has 0 fully saturated rings. The number of carbonyl (C=O) groups excluding carboxylic acids is 2. The highest BCUT2D eigenvalue weighted by Crippen LogP contribution is 2.48. The van der Waals surface area contributed by atoms with Crippen molar-refractivity contribution in [1.82, 2.24) is 5.32 Å². The fourth-order valence-corrected chi connectivity index (χ4v) is 3.35. The molecule has 1 atom stereocenters. The van der Waals surface area contributed by atoms with E-state index in [-0.39, 0.29) is 12.1 Å². The number of para-hydroxylation sites is 1. The molecule has 0 saturated heterocycles. The number of hydrogen-bond donors (Lipinski definition) is 2. The van der Waals surface area contributed by atoms with Gasteiger partial charge in [-0.05, 0) is 32.4 Å². The van der Waals surface area contributed by atoms with Gasteiger partial charge in [0.15, 0.2) is 0 Å². The fourth-order valence-electron chi connectivity index (χ4n) is 3.35. The standard InChI is InChI=1S/C21H21F3N2O5/c1-19(2,3)30-18(28)25-20(31-29)14-10-7-11-15(21(22,23)24)16(14)26(17(20)27)12-13-8-5-4-6-9-13/h4-11,29H,12H2,1-3H3,(H,25,28)/t20-/m0/s1. The van der Waals surface area contributed by atoms with Gasteiger partial charge >= 0.3 is 12.3 Å². The summed E-state index contributed by atoms with van der Waals surface area (Å²) in [6, 6.07) is 11.4. The van der Waals surface area contributed by atoms with Gasteiger partial charge in [-0.15, -0.1) is 0 Å². The number of hydrogen-bond acceptors (Lipinski definition) is 5.